The molecule has 0 amide bonds. The van der Waals surface area contributed by atoms with Crippen LogP contribution in [0.25, 0.3) is 0 Å². The monoisotopic (exact) mass is 186 g/mol. The molecule has 0 fully saturated rings. The third-order valence-corrected chi connectivity index (χ3v) is 1.48. The number of nitro groups is 2. The van der Waals surface area contributed by atoms with Crippen LogP contribution in [-0.4, -0.2) is 33.7 Å². The minimum atomic E-state index is -0.811. The van der Waals surface area contributed by atoms with Crippen LogP contribution in [0.4, 0.5) is 0 Å². The van der Waals surface area contributed by atoms with E-state index in [9.17, 15) is 20.2 Å². The Morgan fingerprint density at radius 3 is 1.62 bits per heavy atom. The lowest BCUT2D eigenvalue weighted by Gasteiger charge is -1.99. The molecule has 13 heavy (non-hydrogen) atoms. The van der Waals surface area contributed by atoms with Gasteiger partial charge in [-0.05, 0) is 9.85 Å². The summed E-state index contributed by atoms with van der Waals surface area (Å²) in [6, 6.07) is 0. The van der Waals surface area contributed by atoms with Gasteiger partial charge in [-0.1, -0.05) is 0 Å². The van der Waals surface area contributed by atoms with E-state index in [0.717, 1.165) is 9.80 Å². The molecule has 0 spiro atoms. The molecule has 0 N–H and O–H groups in total. The van der Waals surface area contributed by atoms with E-state index in [0.29, 0.717) is 0 Å². The highest BCUT2D eigenvalue weighted by Crippen LogP contribution is 2.23. The highest BCUT2D eigenvalue weighted by atomic mass is 16.6. The summed E-state index contributed by atoms with van der Waals surface area (Å²) in [4.78, 5) is 21.1. The van der Waals surface area contributed by atoms with Crippen LogP contribution in [0.3, 0.4) is 0 Å². The molecule has 0 aromatic rings. The second-order valence-corrected chi connectivity index (χ2v) is 2.38. The first-order valence-corrected chi connectivity index (χ1v) is 3.22. The molecular weight excluding hydrogens is 180 g/mol. The summed E-state index contributed by atoms with van der Waals surface area (Å²) in [6.07, 6.45) is 0. The molecule has 8 heteroatoms. The summed E-state index contributed by atoms with van der Waals surface area (Å²) in [6.45, 7) is 2.39. The molecule has 1 aliphatic heterocycles. The van der Waals surface area contributed by atoms with Crippen LogP contribution in [0.1, 0.15) is 0 Å². The average molecular weight is 186 g/mol. The van der Waals surface area contributed by atoms with E-state index in [1.54, 1.807) is 0 Å². The maximum Gasteiger partial charge on any atom is 0.434 e. The standard InChI is InChI=1S/C5H6N4O4/c1-6-3-7(2)5(9(12)13)4(6)8(10)11/h1-2H3. The van der Waals surface area contributed by atoms with Crippen LogP contribution in [0.5, 0.6) is 0 Å². The van der Waals surface area contributed by atoms with E-state index in [1.165, 1.54) is 14.1 Å². The summed E-state index contributed by atoms with van der Waals surface area (Å²) in [5.74, 6) is -1.15. The van der Waals surface area contributed by atoms with Crippen molar-refractivity contribution >= 4 is 0 Å². The zero-order valence-corrected chi connectivity index (χ0v) is 6.92. The SMILES string of the molecule is CN1[C]N(C)C([N+](=O)[O-])=C1[N+](=O)[O-]. The van der Waals surface area contributed by atoms with Gasteiger partial charge in [-0.2, -0.15) is 9.80 Å². The van der Waals surface area contributed by atoms with Crippen LogP contribution in [0.2, 0.25) is 0 Å². The molecule has 0 aromatic heterocycles. The third-order valence-electron chi connectivity index (χ3n) is 1.48. The van der Waals surface area contributed by atoms with Crippen molar-refractivity contribution < 1.29 is 9.85 Å². The maximum atomic E-state index is 10.4. The molecule has 0 saturated carbocycles. The quantitative estimate of drug-likeness (QED) is 0.428. The Morgan fingerprint density at radius 1 is 1.08 bits per heavy atom. The minimum absolute atomic E-state index is 0.576. The number of nitrogens with zero attached hydrogens (tertiary/aromatic N) is 4. The van der Waals surface area contributed by atoms with Gasteiger partial charge in [0, 0.05) is 0 Å². The van der Waals surface area contributed by atoms with Crippen LogP contribution in [0.15, 0.2) is 11.6 Å². The van der Waals surface area contributed by atoms with Crippen molar-refractivity contribution in [3.05, 3.63) is 38.5 Å². The lowest BCUT2D eigenvalue weighted by Crippen LogP contribution is -2.17. The largest absolute Gasteiger partial charge is 0.434 e. The van der Waals surface area contributed by atoms with Gasteiger partial charge in [0.05, 0.1) is 14.1 Å². The molecule has 2 radical (unpaired) electrons. The van der Waals surface area contributed by atoms with E-state index in [1.807, 2.05) is 0 Å². The fourth-order valence-corrected chi connectivity index (χ4v) is 1.03. The van der Waals surface area contributed by atoms with E-state index >= 15 is 0 Å². The number of hydrogen-bond acceptors (Lipinski definition) is 6. The maximum absolute atomic E-state index is 10.4. The van der Waals surface area contributed by atoms with Crippen molar-refractivity contribution in [3.63, 3.8) is 0 Å². The average Bonchev–Trinajstić information content (AvgIpc) is 2.24. The zero-order chi connectivity index (χ0) is 10.2. The molecule has 0 bridgehead atoms. The first-order chi connectivity index (χ1) is 5.95. The Morgan fingerprint density at radius 2 is 1.38 bits per heavy atom. The molecule has 1 rings (SSSR count). The van der Waals surface area contributed by atoms with Gasteiger partial charge in [0.1, 0.15) is 0 Å². The fourth-order valence-electron chi connectivity index (χ4n) is 1.03. The van der Waals surface area contributed by atoms with Gasteiger partial charge >= 0.3 is 18.3 Å². The first-order valence-electron chi connectivity index (χ1n) is 3.22. The highest BCUT2D eigenvalue weighted by molar-refractivity contribution is 5.07. The van der Waals surface area contributed by atoms with Crippen molar-refractivity contribution in [1.29, 1.82) is 0 Å². The van der Waals surface area contributed by atoms with Crippen molar-refractivity contribution in [2.45, 2.75) is 0 Å². The third kappa shape index (κ3) is 1.37. The molecule has 8 nitrogen and oxygen atoms in total. The van der Waals surface area contributed by atoms with E-state index in [-0.39, 0.29) is 0 Å². The second kappa shape index (κ2) is 2.88. The molecule has 0 atom stereocenters. The smallest absolute Gasteiger partial charge is 0.358 e. The molecule has 0 saturated heterocycles. The molecule has 70 valence electrons. The van der Waals surface area contributed by atoms with Crippen molar-refractivity contribution in [2.24, 2.45) is 0 Å². The van der Waals surface area contributed by atoms with Crippen LogP contribution < -0.4 is 0 Å². The fraction of sp³-hybridized carbons (Fsp3) is 0.400. The Bertz CT molecular complexity index is 271. The summed E-state index contributed by atoms with van der Waals surface area (Å²) in [7, 11) is 2.65. The van der Waals surface area contributed by atoms with Crippen molar-refractivity contribution in [2.75, 3.05) is 14.1 Å². The molecule has 1 heterocycles. The Balaban J connectivity index is 3.18. The highest BCUT2D eigenvalue weighted by Gasteiger charge is 2.46. The van der Waals surface area contributed by atoms with E-state index in [2.05, 4.69) is 6.67 Å². The molecule has 1 aliphatic rings. The summed E-state index contributed by atoms with van der Waals surface area (Å²) in [5, 5.41) is 20.8. The van der Waals surface area contributed by atoms with Crippen LogP contribution in [0, 0.1) is 26.9 Å². The van der Waals surface area contributed by atoms with Gasteiger partial charge in [-0.3, -0.25) is 0 Å². The van der Waals surface area contributed by atoms with Gasteiger partial charge in [-0.15, -0.1) is 0 Å². The first kappa shape index (κ1) is 9.23. The molecule has 0 unspecified atom stereocenters. The van der Waals surface area contributed by atoms with Crippen molar-refractivity contribution in [3.8, 4) is 0 Å². The molecule has 0 aliphatic carbocycles. The van der Waals surface area contributed by atoms with Crippen LogP contribution >= 0.6 is 0 Å². The second-order valence-electron chi connectivity index (χ2n) is 2.38. The predicted molar refractivity (Wildman–Crippen MR) is 39.8 cm³/mol. The Kier molecular flexibility index (Phi) is 2.05. The van der Waals surface area contributed by atoms with Crippen LogP contribution in [-0.2, 0) is 0 Å². The Labute approximate surface area is 73.3 Å². The molecular formula is C5H6N4O4. The number of rotatable bonds is 2. The van der Waals surface area contributed by atoms with Gasteiger partial charge in [0.15, 0.2) is 0 Å². The van der Waals surface area contributed by atoms with Gasteiger partial charge in [0.25, 0.3) is 0 Å². The Hall–Kier alpha value is -1.86. The minimum Gasteiger partial charge on any atom is -0.358 e. The normalized spacial score (nSPS) is 16.8. The topological polar surface area (TPSA) is 92.8 Å². The zero-order valence-electron chi connectivity index (χ0n) is 6.92. The summed E-state index contributed by atoms with van der Waals surface area (Å²) >= 11 is 0. The van der Waals surface area contributed by atoms with E-state index < -0.39 is 21.5 Å². The van der Waals surface area contributed by atoms with Gasteiger partial charge in [-0.25, -0.2) is 0 Å². The number of hydrogen-bond donors (Lipinski definition) is 0. The predicted octanol–water partition coefficient (Wildman–Crippen LogP) is -0.460. The molecule has 0 aromatic carbocycles. The lowest BCUT2D eigenvalue weighted by molar-refractivity contribution is -0.486. The summed E-state index contributed by atoms with van der Waals surface area (Å²) < 4.78 is 0. The lowest BCUT2D eigenvalue weighted by atomic mass is 10.6. The summed E-state index contributed by atoms with van der Waals surface area (Å²) in [5.41, 5.74) is 0. The van der Waals surface area contributed by atoms with Gasteiger partial charge in [0.2, 0.25) is 0 Å². The van der Waals surface area contributed by atoms with Gasteiger partial charge < -0.3 is 20.2 Å². The van der Waals surface area contributed by atoms with E-state index in [4.69, 9.17) is 0 Å². The van der Waals surface area contributed by atoms with Crippen molar-refractivity contribution in [1.82, 2.24) is 9.80 Å².